The van der Waals surface area contributed by atoms with Crippen LogP contribution in [0.5, 0.6) is 17.2 Å². The minimum atomic E-state index is -0.883. The summed E-state index contributed by atoms with van der Waals surface area (Å²) in [4.78, 5) is 22.0. The molecule has 0 amide bonds. The van der Waals surface area contributed by atoms with Gasteiger partial charge in [-0.3, -0.25) is 10.1 Å². The molecule has 0 unspecified atom stereocenters. The molecule has 2 aromatic carbocycles. The Morgan fingerprint density at radius 3 is 2.62 bits per heavy atom. The number of carbonyl (C=O) groups is 1. The van der Waals surface area contributed by atoms with Crippen LogP contribution in [0, 0.1) is 15.9 Å². The average Bonchev–Trinajstić information content (AvgIpc) is 2.60. The van der Waals surface area contributed by atoms with E-state index in [2.05, 4.69) is 0 Å². The van der Waals surface area contributed by atoms with Crippen molar-refractivity contribution in [3.8, 4) is 17.2 Å². The molecule has 0 fully saturated rings. The van der Waals surface area contributed by atoms with Crippen LogP contribution in [0.2, 0.25) is 0 Å². The Balaban J connectivity index is 2.15. The highest BCUT2D eigenvalue weighted by molar-refractivity contribution is 5.89. The first-order chi connectivity index (χ1) is 12.4. The highest BCUT2D eigenvalue weighted by Crippen LogP contribution is 2.29. The molecule has 2 rings (SSSR count). The molecule has 0 aliphatic carbocycles. The summed E-state index contributed by atoms with van der Waals surface area (Å²) in [6.07, 6.45) is 2.51. The topological polar surface area (TPSA) is 87.9 Å². The van der Waals surface area contributed by atoms with Crippen LogP contribution in [-0.4, -0.2) is 24.6 Å². The first-order valence-corrected chi connectivity index (χ1v) is 7.59. The van der Waals surface area contributed by atoms with Gasteiger partial charge in [0.1, 0.15) is 5.82 Å². The van der Waals surface area contributed by atoms with E-state index in [0.29, 0.717) is 23.7 Å². The summed E-state index contributed by atoms with van der Waals surface area (Å²) >= 11 is 0. The molecule has 0 heterocycles. The van der Waals surface area contributed by atoms with E-state index in [-0.39, 0.29) is 0 Å². The Morgan fingerprint density at radius 2 is 1.96 bits per heavy atom. The van der Waals surface area contributed by atoms with Gasteiger partial charge in [0.25, 0.3) is 0 Å². The first kappa shape index (κ1) is 18.9. The first-order valence-electron chi connectivity index (χ1n) is 7.59. The van der Waals surface area contributed by atoms with E-state index in [4.69, 9.17) is 14.2 Å². The molecule has 0 aliphatic heterocycles. The summed E-state index contributed by atoms with van der Waals surface area (Å²) in [6.45, 7) is 2.32. The minimum absolute atomic E-state index is 0.464. The number of hydrogen-bond donors (Lipinski definition) is 0. The summed E-state index contributed by atoms with van der Waals surface area (Å²) in [5, 5.41) is 10.9. The van der Waals surface area contributed by atoms with E-state index < -0.39 is 28.1 Å². The van der Waals surface area contributed by atoms with Gasteiger partial charge in [0.15, 0.2) is 11.5 Å². The van der Waals surface area contributed by atoms with Crippen molar-refractivity contribution in [3.05, 3.63) is 64.0 Å². The van der Waals surface area contributed by atoms with Crippen molar-refractivity contribution < 1.29 is 28.3 Å². The Hall–Kier alpha value is -3.42. The van der Waals surface area contributed by atoms with Gasteiger partial charge < -0.3 is 14.2 Å². The lowest BCUT2D eigenvalue weighted by molar-refractivity contribution is -0.385. The highest BCUT2D eigenvalue weighted by atomic mass is 19.1. The zero-order valence-electron chi connectivity index (χ0n) is 14.1. The molecular weight excluding hydrogens is 345 g/mol. The number of nitro benzene ring substituents is 1. The smallest absolute Gasteiger partial charge is 0.336 e. The number of nitro groups is 1. The monoisotopic (exact) mass is 361 g/mol. The lowest BCUT2D eigenvalue weighted by atomic mass is 10.2. The zero-order valence-corrected chi connectivity index (χ0v) is 14.1. The van der Waals surface area contributed by atoms with Crippen LogP contribution >= 0.6 is 0 Å². The molecule has 7 nitrogen and oxygen atoms in total. The number of methoxy groups -OCH3 is 1. The molecule has 0 saturated heterocycles. The summed E-state index contributed by atoms with van der Waals surface area (Å²) in [7, 11) is 1.49. The van der Waals surface area contributed by atoms with Gasteiger partial charge in [0, 0.05) is 18.2 Å². The molecule has 0 aliphatic rings. The SMILES string of the molecule is CCOc1ccc(C=CC(=O)Oc2cc(F)ccc2[N+](=O)[O-])cc1OC. The second-order valence-corrected chi connectivity index (χ2v) is 4.97. The third-order valence-electron chi connectivity index (χ3n) is 3.23. The third-order valence-corrected chi connectivity index (χ3v) is 3.23. The zero-order chi connectivity index (χ0) is 19.1. The van der Waals surface area contributed by atoms with Gasteiger partial charge in [-0.2, -0.15) is 0 Å². The fourth-order valence-corrected chi connectivity index (χ4v) is 2.09. The fourth-order valence-electron chi connectivity index (χ4n) is 2.09. The molecule has 0 spiro atoms. The predicted molar refractivity (Wildman–Crippen MR) is 91.9 cm³/mol. The maximum atomic E-state index is 13.2. The van der Waals surface area contributed by atoms with Crippen LogP contribution in [0.3, 0.4) is 0 Å². The Labute approximate surface area is 148 Å². The molecular formula is C18H16FNO6. The summed E-state index contributed by atoms with van der Waals surface area (Å²) in [6, 6.07) is 7.66. The number of ether oxygens (including phenoxy) is 3. The van der Waals surface area contributed by atoms with Gasteiger partial charge >= 0.3 is 11.7 Å². The van der Waals surface area contributed by atoms with Crippen molar-refractivity contribution in [2.75, 3.05) is 13.7 Å². The van der Waals surface area contributed by atoms with Crippen molar-refractivity contribution in [1.82, 2.24) is 0 Å². The van der Waals surface area contributed by atoms with Gasteiger partial charge in [0.05, 0.1) is 18.6 Å². The van der Waals surface area contributed by atoms with Crippen molar-refractivity contribution in [2.24, 2.45) is 0 Å². The molecule has 26 heavy (non-hydrogen) atoms. The maximum Gasteiger partial charge on any atom is 0.336 e. The summed E-state index contributed by atoms with van der Waals surface area (Å²) < 4.78 is 28.7. The van der Waals surface area contributed by atoms with Crippen LogP contribution < -0.4 is 14.2 Å². The van der Waals surface area contributed by atoms with Crippen LogP contribution in [0.15, 0.2) is 42.5 Å². The second kappa shape index (κ2) is 8.61. The normalized spacial score (nSPS) is 10.6. The van der Waals surface area contributed by atoms with Crippen LogP contribution in [0.25, 0.3) is 6.08 Å². The highest BCUT2D eigenvalue weighted by Gasteiger charge is 2.18. The van der Waals surface area contributed by atoms with Gasteiger partial charge in [-0.05, 0) is 36.8 Å². The van der Waals surface area contributed by atoms with Crippen molar-refractivity contribution >= 4 is 17.7 Å². The van der Waals surface area contributed by atoms with Crippen LogP contribution in [-0.2, 0) is 4.79 Å². The molecule has 0 saturated carbocycles. The van der Waals surface area contributed by atoms with E-state index >= 15 is 0 Å². The molecule has 136 valence electrons. The Bertz CT molecular complexity index is 850. The van der Waals surface area contributed by atoms with Crippen molar-refractivity contribution in [1.29, 1.82) is 0 Å². The van der Waals surface area contributed by atoms with E-state index in [1.807, 2.05) is 6.92 Å². The quantitative estimate of drug-likeness (QED) is 0.245. The van der Waals surface area contributed by atoms with Gasteiger partial charge in [0.2, 0.25) is 5.75 Å². The van der Waals surface area contributed by atoms with Gasteiger partial charge in [-0.1, -0.05) is 6.07 Å². The van der Waals surface area contributed by atoms with Crippen LogP contribution in [0.4, 0.5) is 10.1 Å². The second-order valence-electron chi connectivity index (χ2n) is 4.97. The summed E-state index contributed by atoms with van der Waals surface area (Å²) in [5.74, 6) is -1.05. The molecule has 0 N–H and O–H groups in total. The average molecular weight is 361 g/mol. The number of esters is 1. The molecule has 8 heteroatoms. The standard InChI is InChI=1S/C18H16FNO6/c1-3-25-15-8-4-12(10-17(15)24-2)5-9-18(21)26-16-11-13(19)6-7-14(16)20(22)23/h4-11H,3H2,1-2H3. The number of benzene rings is 2. The third kappa shape index (κ3) is 4.79. The van der Waals surface area contributed by atoms with E-state index in [9.17, 15) is 19.3 Å². The minimum Gasteiger partial charge on any atom is -0.493 e. The number of carbonyl (C=O) groups excluding carboxylic acids is 1. The predicted octanol–water partition coefficient (Wildman–Crippen LogP) is 3.76. The lowest BCUT2D eigenvalue weighted by Gasteiger charge is -2.09. The Kier molecular flexibility index (Phi) is 6.26. The maximum absolute atomic E-state index is 13.2. The molecule has 0 aromatic heterocycles. The fraction of sp³-hybridized carbons (Fsp3) is 0.167. The van der Waals surface area contributed by atoms with Crippen molar-refractivity contribution in [2.45, 2.75) is 6.92 Å². The van der Waals surface area contributed by atoms with Crippen molar-refractivity contribution in [3.63, 3.8) is 0 Å². The lowest BCUT2D eigenvalue weighted by Crippen LogP contribution is -2.06. The van der Waals surface area contributed by atoms with E-state index in [1.165, 1.54) is 13.2 Å². The number of halogens is 1. The van der Waals surface area contributed by atoms with Gasteiger partial charge in [-0.15, -0.1) is 0 Å². The number of hydrogen-bond acceptors (Lipinski definition) is 6. The summed E-state index contributed by atoms with van der Waals surface area (Å²) in [5.41, 5.74) is 0.117. The van der Waals surface area contributed by atoms with Gasteiger partial charge in [-0.25, -0.2) is 9.18 Å². The van der Waals surface area contributed by atoms with Crippen LogP contribution in [0.1, 0.15) is 12.5 Å². The molecule has 0 radical (unpaired) electrons. The Morgan fingerprint density at radius 1 is 1.19 bits per heavy atom. The van der Waals surface area contributed by atoms with E-state index in [1.54, 1.807) is 18.2 Å². The molecule has 0 bridgehead atoms. The molecule has 2 aromatic rings. The largest absolute Gasteiger partial charge is 0.493 e. The van der Waals surface area contributed by atoms with E-state index in [0.717, 1.165) is 24.3 Å². The number of nitrogens with zero attached hydrogens (tertiary/aromatic N) is 1. The molecule has 0 atom stereocenters. The number of rotatable bonds is 7.